The summed E-state index contributed by atoms with van der Waals surface area (Å²) in [6.45, 7) is 11.9. The van der Waals surface area contributed by atoms with Gasteiger partial charge in [-0.2, -0.15) is 0 Å². The molecule has 0 aliphatic rings. The van der Waals surface area contributed by atoms with Crippen LogP contribution < -0.4 is 5.32 Å². The van der Waals surface area contributed by atoms with Gasteiger partial charge in [-0.25, -0.2) is 4.98 Å². The first-order valence-corrected chi connectivity index (χ1v) is 10.8. The number of imidazole rings is 1. The molecule has 0 fully saturated rings. The Bertz CT molecular complexity index is 769. The van der Waals surface area contributed by atoms with E-state index in [9.17, 15) is 4.79 Å². The number of rotatable bonds is 10. The Morgan fingerprint density at radius 3 is 2.50 bits per heavy atom. The zero-order chi connectivity index (χ0) is 20.7. The molecule has 0 aliphatic heterocycles. The molecule has 0 spiro atoms. The van der Waals surface area contributed by atoms with E-state index in [1.165, 1.54) is 17.3 Å². The molecule has 0 saturated carbocycles. The fourth-order valence-electron chi connectivity index (χ4n) is 3.09. The Balaban J connectivity index is 1.91. The van der Waals surface area contributed by atoms with Crippen molar-refractivity contribution in [3.63, 3.8) is 0 Å². The van der Waals surface area contributed by atoms with Crippen LogP contribution in [0.3, 0.4) is 0 Å². The lowest BCUT2D eigenvalue weighted by molar-refractivity contribution is -0.119. The Kier molecular flexibility index (Phi) is 8.58. The molecular weight excluding hydrogens is 370 g/mol. The van der Waals surface area contributed by atoms with Gasteiger partial charge in [0, 0.05) is 19.3 Å². The Morgan fingerprint density at radius 2 is 1.89 bits per heavy atom. The van der Waals surface area contributed by atoms with E-state index in [1.54, 1.807) is 7.11 Å². The fraction of sp³-hybridized carbons (Fsp3) is 0.545. The van der Waals surface area contributed by atoms with Gasteiger partial charge in [-0.3, -0.25) is 4.79 Å². The van der Waals surface area contributed by atoms with E-state index in [1.807, 2.05) is 20.8 Å². The largest absolute Gasteiger partial charge is 0.383 e. The summed E-state index contributed by atoms with van der Waals surface area (Å²) in [5.74, 6) is 1.00. The molecule has 1 unspecified atom stereocenters. The van der Waals surface area contributed by atoms with Gasteiger partial charge in [-0.15, -0.1) is 0 Å². The van der Waals surface area contributed by atoms with Crippen molar-refractivity contribution in [3.8, 4) is 0 Å². The van der Waals surface area contributed by atoms with E-state index in [0.717, 1.165) is 35.1 Å². The first kappa shape index (κ1) is 22.5. The maximum Gasteiger partial charge on any atom is 0.230 e. The molecule has 1 N–H and O–H groups in total. The summed E-state index contributed by atoms with van der Waals surface area (Å²) in [5.41, 5.74) is 4.57. The van der Waals surface area contributed by atoms with Crippen LogP contribution in [0.2, 0.25) is 0 Å². The third kappa shape index (κ3) is 6.38. The highest BCUT2D eigenvalue weighted by molar-refractivity contribution is 7.99. The van der Waals surface area contributed by atoms with Crippen molar-refractivity contribution in [2.24, 2.45) is 5.92 Å². The van der Waals surface area contributed by atoms with Crippen LogP contribution in [0.15, 0.2) is 29.4 Å². The van der Waals surface area contributed by atoms with Gasteiger partial charge in [0.1, 0.15) is 0 Å². The smallest absolute Gasteiger partial charge is 0.230 e. The normalized spacial score (nSPS) is 12.4. The highest BCUT2D eigenvalue weighted by atomic mass is 32.2. The van der Waals surface area contributed by atoms with Crippen LogP contribution in [-0.2, 0) is 22.5 Å². The Morgan fingerprint density at radius 1 is 1.21 bits per heavy atom. The zero-order valence-electron chi connectivity index (χ0n) is 17.9. The van der Waals surface area contributed by atoms with E-state index in [0.29, 0.717) is 18.3 Å². The van der Waals surface area contributed by atoms with Gasteiger partial charge in [0.05, 0.1) is 24.1 Å². The van der Waals surface area contributed by atoms with Crippen molar-refractivity contribution >= 4 is 17.7 Å². The topological polar surface area (TPSA) is 56.1 Å². The van der Waals surface area contributed by atoms with Crippen LogP contribution in [0, 0.1) is 19.8 Å². The predicted molar refractivity (Wildman–Crippen MR) is 116 cm³/mol. The Labute approximate surface area is 173 Å². The minimum atomic E-state index is -0.0158. The summed E-state index contributed by atoms with van der Waals surface area (Å²) in [6, 6.07) is 8.52. The lowest BCUT2D eigenvalue weighted by Crippen LogP contribution is -2.28. The maximum absolute atomic E-state index is 12.4. The number of nitrogens with one attached hydrogen (secondary N) is 1. The van der Waals surface area contributed by atoms with Crippen LogP contribution >= 0.6 is 11.8 Å². The van der Waals surface area contributed by atoms with Crippen molar-refractivity contribution in [2.45, 2.75) is 58.8 Å². The minimum absolute atomic E-state index is 0.0142. The summed E-state index contributed by atoms with van der Waals surface area (Å²) in [7, 11) is 1.69. The predicted octanol–water partition coefficient (Wildman–Crippen LogP) is 4.31. The lowest BCUT2D eigenvalue weighted by Gasteiger charge is -2.15. The third-order valence-corrected chi connectivity index (χ3v) is 5.75. The van der Waals surface area contributed by atoms with E-state index in [2.05, 4.69) is 53.0 Å². The van der Waals surface area contributed by atoms with E-state index >= 15 is 0 Å². The van der Waals surface area contributed by atoms with Gasteiger partial charge in [-0.1, -0.05) is 49.9 Å². The van der Waals surface area contributed by atoms with Gasteiger partial charge in [0.2, 0.25) is 5.91 Å². The van der Waals surface area contributed by atoms with Crippen molar-refractivity contribution in [1.29, 1.82) is 0 Å². The molecule has 2 rings (SSSR count). The van der Waals surface area contributed by atoms with Gasteiger partial charge in [0.25, 0.3) is 0 Å². The highest BCUT2D eigenvalue weighted by Gasteiger charge is 2.15. The summed E-state index contributed by atoms with van der Waals surface area (Å²) in [5, 5.41) is 3.96. The molecule has 0 aliphatic carbocycles. The number of aryl methyl sites for hydroxylation is 1. The molecule has 0 saturated heterocycles. The molecular formula is C22H33N3O2S. The maximum atomic E-state index is 12.4. The summed E-state index contributed by atoms with van der Waals surface area (Å²) in [6.07, 6.45) is 1.08. The van der Waals surface area contributed by atoms with Crippen molar-refractivity contribution < 1.29 is 9.53 Å². The third-order valence-electron chi connectivity index (χ3n) is 4.78. The van der Waals surface area contributed by atoms with Crippen molar-refractivity contribution in [1.82, 2.24) is 14.9 Å². The monoisotopic (exact) mass is 403 g/mol. The number of benzene rings is 1. The van der Waals surface area contributed by atoms with Crippen LogP contribution in [0.25, 0.3) is 0 Å². The number of aromatic nitrogens is 2. The first-order valence-electron chi connectivity index (χ1n) is 9.85. The quantitative estimate of drug-likeness (QED) is 0.601. The lowest BCUT2D eigenvalue weighted by atomic mass is 10.00. The number of carbonyl (C=O) groups excluding carboxylic acids is 1. The number of thioether (sulfide) groups is 1. The van der Waals surface area contributed by atoms with Gasteiger partial charge >= 0.3 is 0 Å². The van der Waals surface area contributed by atoms with Crippen LogP contribution in [0.1, 0.15) is 49.3 Å². The molecule has 2 aromatic rings. The molecule has 28 heavy (non-hydrogen) atoms. The summed E-state index contributed by atoms with van der Waals surface area (Å²) in [4.78, 5) is 17.0. The number of amides is 1. The standard InChI is InChI=1S/C22H33N3O2S/c1-15(2)13-19-7-9-20(10-8-19)17(4)23-21(26)14-28-22-24-16(3)18(5)25(22)11-12-27-6/h7-10,15,17H,11-14H2,1-6H3,(H,23,26). The van der Waals surface area contributed by atoms with Gasteiger partial charge in [-0.05, 0) is 44.2 Å². The van der Waals surface area contributed by atoms with Gasteiger partial charge in [0.15, 0.2) is 5.16 Å². The average Bonchev–Trinajstić information content (AvgIpc) is 2.92. The molecule has 1 amide bonds. The number of methoxy groups -OCH3 is 1. The second-order valence-corrected chi connectivity index (χ2v) is 8.57. The van der Waals surface area contributed by atoms with Crippen LogP contribution in [0.5, 0.6) is 0 Å². The molecule has 6 heteroatoms. The second-order valence-electron chi connectivity index (χ2n) is 7.63. The second kappa shape index (κ2) is 10.7. The molecule has 1 aromatic carbocycles. The fourth-order valence-corrected chi connectivity index (χ4v) is 4.02. The summed E-state index contributed by atoms with van der Waals surface area (Å²) < 4.78 is 7.30. The number of nitrogens with zero attached hydrogens (tertiary/aromatic N) is 2. The number of hydrogen-bond donors (Lipinski definition) is 1. The van der Waals surface area contributed by atoms with Crippen LogP contribution in [0.4, 0.5) is 0 Å². The average molecular weight is 404 g/mol. The molecule has 0 radical (unpaired) electrons. The minimum Gasteiger partial charge on any atom is -0.383 e. The van der Waals surface area contributed by atoms with E-state index in [4.69, 9.17) is 4.74 Å². The number of ether oxygens (including phenoxy) is 1. The molecule has 5 nitrogen and oxygen atoms in total. The highest BCUT2D eigenvalue weighted by Crippen LogP contribution is 2.22. The van der Waals surface area contributed by atoms with E-state index in [-0.39, 0.29) is 11.9 Å². The first-order chi connectivity index (χ1) is 13.3. The van der Waals surface area contributed by atoms with Crippen molar-refractivity contribution in [2.75, 3.05) is 19.5 Å². The Hall–Kier alpha value is -1.79. The number of hydrogen-bond acceptors (Lipinski definition) is 4. The van der Waals surface area contributed by atoms with E-state index < -0.39 is 0 Å². The van der Waals surface area contributed by atoms with Crippen LogP contribution in [-0.4, -0.2) is 34.9 Å². The SMILES string of the molecule is COCCn1c(SCC(=O)NC(C)c2ccc(CC(C)C)cc2)nc(C)c1C. The zero-order valence-corrected chi connectivity index (χ0v) is 18.7. The molecule has 154 valence electrons. The molecule has 1 heterocycles. The van der Waals surface area contributed by atoms with Crippen molar-refractivity contribution in [3.05, 3.63) is 46.8 Å². The molecule has 1 aromatic heterocycles. The summed E-state index contributed by atoms with van der Waals surface area (Å²) >= 11 is 1.47. The molecule has 1 atom stereocenters. The van der Waals surface area contributed by atoms with Gasteiger partial charge < -0.3 is 14.6 Å². The molecule has 0 bridgehead atoms. The number of carbonyl (C=O) groups is 1.